The number of carbonyl (C=O) groups excluding carboxylic acids is 1. The SMILES string of the molecule is Cc1cc(C)cc(CCC(=O)N[C@@H]2CNC[C@H]2O)c1. The van der Waals surface area contributed by atoms with Gasteiger partial charge in [-0.2, -0.15) is 0 Å². The van der Waals surface area contributed by atoms with Gasteiger partial charge >= 0.3 is 0 Å². The molecule has 1 amide bonds. The lowest BCUT2D eigenvalue weighted by Gasteiger charge is -2.15. The lowest BCUT2D eigenvalue weighted by atomic mass is 10.0. The predicted octanol–water partition coefficient (Wildman–Crippen LogP) is 0.685. The molecule has 2 rings (SSSR count). The maximum Gasteiger partial charge on any atom is 0.220 e. The summed E-state index contributed by atoms with van der Waals surface area (Å²) in [7, 11) is 0. The van der Waals surface area contributed by atoms with Gasteiger partial charge in [0.25, 0.3) is 0 Å². The van der Waals surface area contributed by atoms with Crippen LogP contribution in [0.4, 0.5) is 0 Å². The average molecular weight is 262 g/mol. The number of nitrogens with one attached hydrogen (secondary N) is 2. The minimum absolute atomic E-state index is 0.00640. The average Bonchev–Trinajstić information content (AvgIpc) is 2.71. The summed E-state index contributed by atoms with van der Waals surface area (Å²) in [5.74, 6) is 0.00640. The molecule has 1 heterocycles. The molecule has 1 aliphatic heterocycles. The highest BCUT2D eigenvalue weighted by molar-refractivity contribution is 5.76. The van der Waals surface area contributed by atoms with Gasteiger partial charge in [0.2, 0.25) is 5.91 Å². The first kappa shape index (κ1) is 14.0. The second kappa shape index (κ2) is 6.17. The van der Waals surface area contributed by atoms with Gasteiger partial charge in [-0.1, -0.05) is 29.3 Å². The van der Waals surface area contributed by atoms with Crippen molar-refractivity contribution in [3.8, 4) is 0 Å². The van der Waals surface area contributed by atoms with Crippen molar-refractivity contribution in [3.63, 3.8) is 0 Å². The Labute approximate surface area is 114 Å². The number of benzene rings is 1. The van der Waals surface area contributed by atoms with E-state index in [4.69, 9.17) is 0 Å². The fourth-order valence-electron chi connectivity index (χ4n) is 2.56. The summed E-state index contributed by atoms with van der Waals surface area (Å²) in [6.07, 6.45) is 0.738. The molecule has 0 unspecified atom stereocenters. The molecule has 19 heavy (non-hydrogen) atoms. The fourth-order valence-corrected chi connectivity index (χ4v) is 2.56. The van der Waals surface area contributed by atoms with E-state index < -0.39 is 6.10 Å². The molecule has 0 aromatic heterocycles. The van der Waals surface area contributed by atoms with E-state index in [0.717, 1.165) is 6.42 Å². The van der Waals surface area contributed by atoms with E-state index in [0.29, 0.717) is 19.5 Å². The van der Waals surface area contributed by atoms with Crippen molar-refractivity contribution in [3.05, 3.63) is 34.9 Å². The zero-order valence-corrected chi connectivity index (χ0v) is 11.6. The standard InChI is InChI=1S/C15H22N2O2/c1-10-5-11(2)7-12(6-10)3-4-15(19)17-13-8-16-9-14(13)18/h5-7,13-14,16,18H,3-4,8-9H2,1-2H3,(H,17,19)/t13-,14-/m1/s1. The number of aliphatic hydroxyl groups excluding tert-OH is 1. The Bertz CT molecular complexity index is 439. The van der Waals surface area contributed by atoms with Crippen molar-refractivity contribution in [1.82, 2.24) is 10.6 Å². The molecule has 0 bridgehead atoms. The summed E-state index contributed by atoms with van der Waals surface area (Å²) < 4.78 is 0. The van der Waals surface area contributed by atoms with Crippen molar-refractivity contribution in [2.75, 3.05) is 13.1 Å². The zero-order chi connectivity index (χ0) is 13.8. The Morgan fingerprint density at radius 1 is 1.32 bits per heavy atom. The largest absolute Gasteiger partial charge is 0.390 e. The van der Waals surface area contributed by atoms with Gasteiger partial charge in [0.1, 0.15) is 0 Å². The molecule has 4 nitrogen and oxygen atoms in total. The number of hydrogen-bond acceptors (Lipinski definition) is 3. The van der Waals surface area contributed by atoms with E-state index in [-0.39, 0.29) is 11.9 Å². The number of amides is 1. The molecule has 104 valence electrons. The first-order valence-electron chi connectivity index (χ1n) is 6.80. The van der Waals surface area contributed by atoms with E-state index >= 15 is 0 Å². The molecule has 1 saturated heterocycles. The van der Waals surface area contributed by atoms with Crippen LogP contribution < -0.4 is 10.6 Å². The summed E-state index contributed by atoms with van der Waals surface area (Å²) in [6.45, 7) is 5.34. The number of aryl methyl sites for hydroxylation is 3. The van der Waals surface area contributed by atoms with Crippen molar-refractivity contribution in [2.24, 2.45) is 0 Å². The Hall–Kier alpha value is -1.39. The quantitative estimate of drug-likeness (QED) is 0.748. The van der Waals surface area contributed by atoms with Gasteiger partial charge in [-0.15, -0.1) is 0 Å². The van der Waals surface area contributed by atoms with Gasteiger partial charge in [-0.05, 0) is 25.8 Å². The van der Waals surface area contributed by atoms with Crippen LogP contribution in [0.2, 0.25) is 0 Å². The molecule has 1 fully saturated rings. The highest BCUT2D eigenvalue weighted by Crippen LogP contribution is 2.11. The maximum atomic E-state index is 11.8. The first-order valence-corrected chi connectivity index (χ1v) is 6.80. The molecule has 1 aromatic carbocycles. The van der Waals surface area contributed by atoms with Gasteiger partial charge < -0.3 is 15.7 Å². The van der Waals surface area contributed by atoms with Gasteiger partial charge in [0, 0.05) is 19.5 Å². The number of β-amino-alcohol motifs (C(OH)–C–C–N with tert-alkyl or cyclic N) is 1. The third kappa shape index (κ3) is 4.04. The molecule has 1 aromatic rings. The predicted molar refractivity (Wildman–Crippen MR) is 75.0 cm³/mol. The monoisotopic (exact) mass is 262 g/mol. The minimum Gasteiger partial charge on any atom is -0.390 e. The summed E-state index contributed by atoms with van der Waals surface area (Å²) in [5, 5.41) is 15.5. The maximum absolute atomic E-state index is 11.8. The molecule has 2 atom stereocenters. The Morgan fingerprint density at radius 3 is 2.58 bits per heavy atom. The molecule has 1 aliphatic rings. The molecule has 4 heteroatoms. The summed E-state index contributed by atoms with van der Waals surface area (Å²) in [5.41, 5.74) is 3.65. The molecule has 0 aliphatic carbocycles. The molecule has 3 N–H and O–H groups in total. The smallest absolute Gasteiger partial charge is 0.220 e. The Kier molecular flexibility index (Phi) is 4.56. The Balaban J connectivity index is 1.83. The molecule has 0 radical (unpaired) electrons. The van der Waals surface area contributed by atoms with Crippen LogP contribution in [0.5, 0.6) is 0 Å². The van der Waals surface area contributed by atoms with Crippen LogP contribution in [0, 0.1) is 13.8 Å². The van der Waals surface area contributed by atoms with Gasteiger partial charge in [0.05, 0.1) is 12.1 Å². The lowest BCUT2D eigenvalue weighted by Crippen LogP contribution is -2.42. The number of hydrogen-bond donors (Lipinski definition) is 3. The van der Waals surface area contributed by atoms with Gasteiger partial charge in [0.15, 0.2) is 0 Å². The molecular weight excluding hydrogens is 240 g/mol. The van der Waals surface area contributed by atoms with Crippen LogP contribution in [-0.2, 0) is 11.2 Å². The molecular formula is C15H22N2O2. The first-order chi connectivity index (χ1) is 9.04. The second-order valence-corrected chi connectivity index (χ2v) is 5.40. The number of rotatable bonds is 4. The highest BCUT2D eigenvalue weighted by Gasteiger charge is 2.25. The van der Waals surface area contributed by atoms with E-state index in [2.05, 4.69) is 42.7 Å². The van der Waals surface area contributed by atoms with Crippen LogP contribution in [-0.4, -0.2) is 36.2 Å². The lowest BCUT2D eigenvalue weighted by molar-refractivity contribution is -0.122. The van der Waals surface area contributed by atoms with E-state index in [1.54, 1.807) is 0 Å². The summed E-state index contributed by atoms with van der Waals surface area (Å²) >= 11 is 0. The third-order valence-corrected chi connectivity index (χ3v) is 3.45. The minimum atomic E-state index is -0.467. The van der Waals surface area contributed by atoms with Gasteiger partial charge in [-0.3, -0.25) is 4.79 Å². The zero-order valence-electron chi connectivity index (χ0n) is 11.6. The van der Waals surface area contributed by atoms with Crippen LogP contribution in [0.15, 0.2) is 18.2 Å². The highest BCUT2D eigenvalue weighted by atomic mass is 16.3. The summed E-state index contributed by atoms with van der Waals surface area (Å²) in [4.78, 5) is 11.8. The molecule has 0 spiro atoms. The number of aliphatic hydroxyl groups is 1. The van der Waals surface area contributed by atoms with Crippen molar-refractivity contribution < 1.29 is 9.90 Å². The summed E-state index contributed by atoms with van der Waals surface area (Å²) in [6, 6.07) is 6.22. The van der Waals surface area contributed by atoms with Crippen LogP contribution >= 0.6 is 0 Å². The topological polar surface area (TPSA) is 61.4 Å². The fraction of sp³-hybridized carbons (Fsp3) is 0.533. The third-order valence-electron chi connectivity index (χ3n) is 3.45. The van der Waals surface area contributed by atoms with Crippen LogP contribution in [0.1, 0.15) is 23.1 Å². The van der Waals surface area contributed by atoms with Crippen molar-refractivity contribution in [1.29, 1.82) is 0 Å². The second-order valence-electron chi connectivity index (χ2n) is 5.40. The van der Waals surface area contributed by atoms with Crippen LogP contribution in [0.25, 0.3) is 0 Å². The van der Waals surface area contributed by atoms with E-state index in [1.165, 1.54) is 16.7 Å². The Morgan fingerprint density at radius 2 is 2.00 bits per heavy atom. The van der Waals surface area contributed by atoms with E-state index in [1.807, 2.05) is 0 Å². The molecule has 0 saturated carbocycles. The van der Waals surface area contributed by atoms with Gasteiger partial charge in [-0.25, -0.2) is 0 Å². The number of carbonyl (C=O) groups is 1. The van der Waals surface area contributed by atoms with Crippen molar-refractivity contribution >= 4 is 5.91 Å². The van der Waals surface area contributed by atoms with Crippen molar-refractivity contribution in [2.45, 2.75) is 38.8 Å². The van der Waals surface area contributed by atoms with E-state index in [9.17, 15) is 9.90 Å². The van der Waals surface area contributed by atoms with Crippen LogP contribution in [0.3, 0.4) is 0 Å². The normalized spacial score (nSPS) is 22.5.